The number of ether oxygens (including phenoxy) is 26. The molecule has 7 aliphatic heterocycles. The molecule has 7 heterocycles. The molecule has 1 spiro atoms. The zero-order valence-electron chi connectivity index (χ0n) is 76.0. The van der Waals surface area contributed by atoms with Gasteiger partial charge in [0.05, 0.1) is 24.9 Å². The van der Waals surface area contributed by atoms with Gasteiger partial charge in [0.15, 0.2) is 92.2 Å². The monoisotopic (exact) mass is 1820 g/mol. The second kappa shape index (κ2) is 42.1. The van der Waals surface area contributed by atoms with E-state index in [4.69, 9.17) is 123 Å². The molecule has 11 aliphatic rings. The molecule has 0 N–H and O–H groups in total. The summed E-state index contributed by atoms with van der Waals surface area (Å²) in [5, 5.41) is 0. The highest BCUT2D eigenvalue weighted by Crippen LogP contribution is 2.72. The minimum absolute atomic E-state index is 0.00757. The molecule has 41 heteroatoms. The van der Waals surface area contributed by atoms with E-state index in [0.29, 0.717) is 55.5 Å². The van der Waals surface area contributed by atoms with E-state index in [2.05, 4.69) is 27.7 Å². The Labute approximate surface area is 740 Å². The number of carbonyl (C=O) groups excluding carboxylic acids is 15. The molecule has 0 aromatic heterocycles. The van der Waals surface area contributed by atoms with Gasteiger partial charge in [0.25, 0.3) is 0 Å². The van der Waals surface area contributed by atoms with E-state index in [1.54, 1.807) is 0 Å². The highest BCUT2D eigenvalue weighted by atomic mass is 16.8. The molecule has 0 aromatic carbocycles. The summed E-state index contributed by atoms with van der Waals surface area (Å²) in [6.45, 7) is 23.2. The van der Waals surface area contributed by atoms with E-state index in [-0.39, 0.29) is 28.8 Å². The van der Waals surface area contributed by atoms with Gasteiger partial charge in [0.2, 0.25) is 0 Å². The average Bonchev–Trinajstić information content (AvgIpc) is 1.53. The number of ketones is 1. The Morgan fingerprint density at radius 2 is 0.688 bits per heavy atom. The van der Waals surface area contributed by atoms with Crippen LogP contribution in [0.5, 0.6) is 0 Å². The zero-order chi connectivity index (χ0) is 93.8. The molecule has 0 aromatic rings. The third-order valence-corrected chi connectivity index (χ3v) is 26.8. The first-order chi connectivity index (χ1) is 60.2. The summed E-state index contributed by atoms with van der Waals surface area (Å²) in [4.78, 5) is 201. The second-order valence-electron chi connectivity index (χ2n) is 36.1. The van der Waals surface area contributed by atoms with E-state index in [1.807, 2.05) is 0 Å². The zero-order valence-corrected chi connectivity index (χ0v) is 76.0. The first-order valence-electron chi connectivity index (χ1n) is 43.8. The van der Waals surface area contributed by atoms with Gasteiger partial charge in [-0.25, -0.2) is 0 Å². The normalized spacial score (nSPS) is 41.1. The van der Waals surface area contributed by atoms with Crippen LogP contribution in [0.4, 0.5) is 0 Å². The SMILES string of the molecule is CC(=O)OC[C@H]1O[C@@H](O[C@H]2[C@H](OC(C)=O)[C@@H](C(C)=O)[C@H](O[C@H]3[C@H](O[C@H]4CC[C@@]5(C)[C@@H](CC[C@@H]6[C@@H]5CC[C@]5(C)[C@@H]7[C@H](C[C@@H]65)O[C@]5(CC[C@@H](C)CO5)[C@H]7C)C4)O[C@H](COC(C)=O)[C@@H](OC(C)=O)[C@@H]3O[C@H]3O[C@@H](C)[C@H](O[C@@H]4O[C@H](COC(C)=O)[C@@H](OC(C)=O)[C@H](OC(C)=O)[C@H]4OC(C)=O)[C@@H](OC(C)=O)[C@H]3OC(C)=O)O[C@@H]2COC(C)=O)[C@H](OC(C)=O)[C@@H](OC(C)=O)[C@H]1OC(C)=O. The van der Waals surface area contributed by atoms with Crippen LogP contribution in [-0.2, 0) is 195 Å². The minimum Gasteiger partial charge on any atom is -0.463 e. The number of Topliss-reactive ketones (excluding diaryl/α,β-unsaturated/α-hetero) is 1. The molecular weight excluding hydrogens is 1700 g/mol. The van der Waals surface area contributed by atoms with Crippen molar-refractivity contribution in [3.8, 4) is 0 Å². The molecule has 0 bridgehead atoms. The maximum absolute atomic E-state index is 15.2. The van der Waals surface area contributed by atoms with Gasteiger partial charge in [0.1, 0.15) is 93.1 Å². The van der Waals surface area contributed by atoms with Crippen LogP contribution < -0.4 is 0 Å². The van der Waals surface area contributed by atoms with Crippen molar-refractivity contribution >= 4 is 89.4 Å². The van der Waals surface area contributed by atoms with Crippen molar-refractivity contribution in [3.63, 3.8) is 0 Å². The summed E-state index contributed by atoms with van der Waals surface area (Å²) in [5.74, 6) is -15.5. The lowest BCUT2D eigenvalue weighted by Gasteiger charge is -2.61. The predicted octanol–water partition coefficient (Wildman–Crippen LogP) is 4.78. The number of carbonyl (C=O) groups is 15. The molecule has 0 unspecified atom stereocenters. The lowest BCUT2D eigenvalue weighted by atomic mass is 9.44. The summed E-state index contributed by atoms with van der Waals surface area (Å²) < 4.78 is 163. The Kier molecular flexibility index (Phi) is 33.0. The van der Waals surface area contributed by atoms with Gasteiger partial charge in [-0.2, -0.15) is 0 Å². The van der Waals surface area contributed by atoms with Crippen molar-refractivity contribution < 1.29 is 195 Å². The maximum Gasteiger partial charge on any atom is 0.303 e. The summed E-state index contributed by atoms with van der Waals surface area (Å²) in [6.07, 6.45) is -38.6. The highest BCUT2D eigenvalue weighted by Gasteiger charge is 2.71. The van der Waals surface area contributed by atoms with Gasteiger partial charge >= 0.3 is 83.6 Å². The Balaban J connectivity index is 1.02. The van der Waals surface area contributed by atoms with Gasteiger partial charge < -0.3 is 123 Å². The van der Waals surface area contributed by atoms with Crippen molar-refractivity contribution in [2.75, 3.05) is 33.0 Å². The minimum atomic E-state index is -2.19. The maximum atomic E-state index is 15.2. The first kappa shape index (κ1) is 100. The molecule has 11 fully saturated rings. The van der Waals surface area contributed by atoms with Crippen LogP contribution in [0.15, 0.2) is 0 Å². The Bertz CT molecular complexity index is 4050. The molecule has 718 valence electrons. The molecule has 0 radical (unpaired) electrons. The largest absolute Gasteiger partial charge is 0.463 e. The molecule has 4 aliphatic carbocycles. The van der Waals surface area contributed by atoms with Crippen molar-refractivity contribution in [1.29, 1.82) is 0 Å². The molecular formula is C87H124O41. The van der Waals surface area contributed by atoms with Gasteiger partial charge in [0, 0.05) is 109 Å². The fourth-order valence-corrected chi connectivity index (χ4v) is 21.9. The molecule has 7 saturated heterocycles. The van der Waals surface area contributed by atoms with Crippen LogP contribution in [0.2, 0.25) is 0 Å². The number of esters is 14. The molecule has 4 saturated carbocycles. The van der Waals surface area contributed by atoms with E-state index in [0.717, 1.165) is 149 Å². The van der Waals surface area contributed by atoms with Crippen molar-refractivity contribution in [1.82, 2.24) is 0 Å². The van der Waals surface area contributed by atoms with Gasteiger partial charge in [-0.05, 0) is 118 Å². The summed E-state index contributed by atoms with van der Waals surface area (Å²) in [6, 6.07) is 0. The molecule has 128 heavy (non-hydrogen) atoms. The fourth-order valence-electron chi connectivity index (χ4n) is 21.9. The Morgan fingerprint density at radius 3 is 1.12 bits per heavy atom. The first-order valence-corrected chi connectivity index (χ1v) is 43.8. The number of rotatable bonds is 29. The van der Waals surface area contributed by atoms with E-state index in [1.165, 1.54) is 6.92 Å². The van der Waals surface area contributed by atoms with Crippen LogP contribution in [0.3, 0.4) is 0 Å². The lowest BCUT2D eigenvalue weighted by molar-refractivity contribution is -0.401. The van der Waals surface area contributed by atoms with Crippen LogP contribution in [0.1, 0.15) is 203 Å². The van der Waals surface area contributed by atoms with Gasteiger partial charge in [-0.1, -0.05) is 27.7 Å². The highest BCUT2D eigenvalue weighted by molar-refractivity contribution is 5.80. The molecule has 0 amide bonds. The van der Waals surface area contributed by atoms with Gasteiger partial charge in [-0.15, -0.1) is 0 Å². The topological polar surface area (TPSA) is 496 Å². The Hall–Kier alpha value is -8.23. The third kappa shape index (κ3) is 23.1. The van der Waals surface area contributed by atoms with Crippen molar-refractivity contribution in [2.24, 2.45) is 58.2 Å². The quantitative estimate of drug-likeness (QED) is 0.0552. The van der Waals surface area contributed by atoms with E-state index >= 15 is 4.79 Å². The third-order valence-electron chi connectivity index (χ3n) is 26.8. The van der Waals surface area contributed by atoms with E-state index < -0.39 is 281 Å². The Morgan fingerprint density at radius 1 is 0.320 bits per heavy atom. The van der Waals surface area contributed by atoms with Crippen LogP contribution in [0, 0.1) is 58.2 Å². The second-order valence-corrected chi connectivity index (χ2v) is 36.1. The van der Waals surface area contributed by atoms with Gasteiger partial charge in [-0.3, -0.25) is 71.9 Å². The van der Waals surface area contributed by atoms with Crippen molar-refractivity contribution in [2.45, 2.75) is 368 Å². The lowest BCUT2D eigenvalue weighted by Crippen LogP contribution is -2.69. The summed E-state index contributed by atoms with van der Waals surface area (Å²) >= 11 is 0. The number of fused-ring (bicyclic) bond motifs is 7. The number of hydrogen-bond donors (Lipinski definition) is 0. The summed E-state index contributed by atoms with van der Waals surface area (Å²) in [7, 11) is 0. The van der Waals surface area contributed by atoms with Crippen molar-refractivity contribution in [3.05, 3.63) is 0 Å². The standard InChI is InChI=1S/C87H124O41/c1-36-23-28-87(107-31-36)37(2)65-59(128-87)30-58-56-22-21-54-29-55(24-26-85(54,19)57(56)25-27-86(58,65)20)119-82-79(127-80-64(38(3)88)71(112-47(12)96)67(60(120-80)32-103-40(5)89)125-84-78(118-53(18)102)74(115-50(15)99)69(110-45(10)94)62(123-84)34-105-42(7)91)75(70(111-46(11)95)63(121-82)35-106-43(8)92)126-81-76(116-51(16)100)72(113-48(13)97)66(39(4)108-81)124-83-77(117-52(17)101)73(114-49(14)98)68(109-44(9)93)61(122-83)33-104-41(6)90/h36-37,39,54-84H,21-35H2,1-20H3/t36-,37+,39+,54+,55+,56-,57+,58+,59+,60-,61-,62-,63-,64-,65+,66+,67-,68-,69+,70-,71-,72-,73+,74+,75+,76-,77-,78-,79-,80+,81-,82-,83+,84+,85+,86+,87-/m1/s1. The summed E-state index contributed by atoms with van der Waals surface area (Å²) in [5.41, 5.74) is -0.244. The van der Waals surface area contributed by atoms with Crippen LogP contribution >= 0.6 is 0 Å². The van der Waals surface area contributed by atoms with E-state index in [9.17, 15) is 67.1 Å². The van der Waals surface area contributed by atoms with Crippen LogP contribution in [-0.4, -0.2) is 288 Å². The van der Waals surface area contributed by atoms with Crippen LogP contribution in [0.25, 0.3) is 0 Å². The molecule has 37 atom stereocenters. The fraction of sp³-hybridized carbons (Fsp3) is 0.828. The molecule has 11 rings (SSSR count). The predicted molar refractivity (Wildman–Crippen MR) is 421 cm³/mol. The smallest absolute Gasteiger partial charge is 0.303 e. The molecule has 41 nitrogen and oxygen atoms in total. The number of hydrogen-bond acceptors (Lipinski definition) is 41. The average molecular weight is 1830 g/mol.